The van der Waals surface area contributed by atoms with E-state index in [9.17, 15) is 15.0 Å². The Labute approximate surface area is 260 Å². The summed E-state index contributed by atoms with van der Waals surface area (Å²) < 4.78 is 6.77. The zero-order valence-corrected chi connectivity index (χ0v) is 25.9. The molecular formula is C38H42N2O4. The molecule has 1 spiro atoms. The summed E-state index contributed by atoms with van der Waals surface area (Å²) in [5.41, 5.74) is 3.58. The van der Waals surface area contributed by atoms with Crippen molar-refractivity contribution in [2.24, 2.45) is 5.92 Å². The third-order valence-electron chi connectivity index (χ3n) is 10.6. The number of aliphatic hydroxyl groups is 1. The molecule has 6 heteroatoms. The molecule has 2 heterocycles. The highest BCUT2D eigenvalue weighted by Gasteiger charge is 2.73. The normalized spacial score (nSPS) is 28.1. The lowest BCUT2D eigenvalue weighted by Crippen LogP contribution is -2.78. The average Bonchev–Trinajstić information content (AvgIpc) is 3.36. The van der Waals surface area contributed by atoms with Crippen molar-refractivity contribution in [1.29, 1.82) is 0 Å². The number of aromatic hydroxyl groups is 1. The van der Waals surface area contributed by atoms with E-state index < -0.39 is 17.1 Å². The highest BCUT2D eigenvalue weighted by molar-refractivity contribution is 5.94. The van der Waals surface area contributed by atoms with Crippen molar-refractivity contribution >= 4 is 5.91 Å². The van der Waals surface area contributed by atoms with Crippen LogP contribution in [0.4, 0.5) is 0 Å². The summed E-state index contributed by atoms with van der Waals surface area (Å²) in [6.07, 6.45) is 3.05. The fraction of sp³-hybridized carbons (Fsp3) is 0.447. The molecule has 1 saturated heterocycles. The maximum Gasteiger partial charge on any atom is 0.299 e. The first kappa shape index (κ1) is 29.0. The van der Waals surface area contributed by atoms with E-state index in [0.717, 1.165) is 41.8 Å². The fourth-order valence-corrected chi connectivity index (χ4v) is 8.79. The highest BCUT2D eigenvalue weighted by atomic mass is 16.5. The van der Waals surface area contributed by atoms with Gasteiger partial charge in [0, 0.05) is 36.2 Å². The van der Waals surface area contributed by atoms with E-state index >= 15 is 0 Å². The summed E-state index contributed by atoms with van der Waals surface area (Å²) in [5.74, 6) is 6.65. The van der Waals surface area contributed by atoms with Gasteiger partial charge < -0.3 is 19.8 Å². The second kappa shape index (κ2) is 11.0. The van der Waals surface area contributed by atoms with E-state index in [1.807, 2.05) is 48.2 Å². The van der Waals surface area contributed by atoms with Crippen molar-refractivity contribution in [3.8, 4) is 23.3 Å². The molecule has 0 radical (unpaired) electrons. The Bertz CT molecular complexity index is 1640. The summed E-state index contributed by atoms with van der Waals surface area (Å²) in [5, 5.41) is 24.0. The number of piperidine rings is 1. The van der Waals surface area contributed by atoms with Crippen molar-refractivity contribution in [1.82, 2.24) is 9.80 Å². The number of amides is 1. The quantitative estimate of drug-likeness (QED) is 0.396. The van der Waals surface area contributed by atoms with Crippen LogP contribution in [-0.4, -0.2) is 69.3 Å². The van der Waals surface area contributed by atoms with E-state index in [-0.39, 0.29) is 29.7 Å². The van der Waals surface area contributed by atoms with Crippen LogP contribution in [0.1, 0.15) is 60.9 Å². The number of carbonyl (C=O) groups excluding carboxylic acids is 1. The van der Waals surface area contributed by atoms with Gasteiger partial charge in [0.25, 0.3) is 5.91 Å². The van der Waals surface area contributed by atoms with Gasteiger partial charge in [0.1, 0.15) is 6.10 Å². The molecule has 2 aliphatic carbocycles. The molecule has 2 N–H and O–H groups in total. The minimum atomic E-state index is -1.03. The lowest BCUT2D eigenvalue weighted by Gasteiger charge is -2.64. The number of ether oxygens (including phenoxy) is 1. The molecule has 44 heavy (non-hydrogen) atoms. The minimum Gasteiger partial charge on any atom is -0.504 e. The molecule has 4 aliphatic rings. The minimum absolute atomic E-state index is 0.0645. The largest absolute Gasteiger partial charge is 0.504 e. The van der Waals surface area contributed by atoms with Crippen LogP contribution in [0.5, 0.6) is 11.5 Å². The van der Waals surface area contributed by atoms with E-state index in [0.29, 0.717) is 38.0 Å². The van der Waals surface area contributed by atoms with Crippen LogP contribution in [0.2, 0.25) is 0 Å². The molecule has 6 nitrogen and oxygen atoms in total. The maximum atomic E-state index is 13.9. The van der Waals surface area contributed by atoms with Gasteiger partial charge in [-0.25, -0.2) is 0 Å². The number of likely N-dealkylation sites (tertiary alicyclic amines) is 1. The maximum absolute atomic E-state index is 13.9. The van der Waals surface area contributed by atoms with Gasteiger partial charge in [-0.3, -0.25) is 9.69 Å². The molecule has 3 aromatic carbocycles. The number of phenolic OH excluding ortho intramolecular Hbond substituents is 1. The lowest BCUT2D eigenvalue weighted by atomic mass is 9.48. The van der Waals surface area contributed by atoms with Crippen LogP contribution < -0.4 is 4.74 Å². The monoisotopic (exact) mass is 590 g/mol. The third-order valence-corrected chi connectivity index (χ3v) is 10.6. The number of rotatable bonds is 6. The van der Waals surface area contributed by atoms with E-state index in [1.165, 1.54) is 5.56 Å². The highest BCUT2D eigenvalue weighted by Crippen LogP contribution is 2.65. The number of phenols is 1. The predicted octanol–water partition coefficient (Wildman–Crippen LogP) is 5.00. The molecule has 3 aromatic rings. The smallest absolute Gasteiger partial charge is 0.299 e. The molecule has 0 unspecified atom stereocenters. The topological polar surface area (TPSA) is 73.2 Å². The van der Waals surface area contributed by atoms with Gasteiger partial charge in [-0.2, -0.15) is 0 Å². The van der Waals surface area contributed by atoms with Gasteiger partial charge in [-0.05, 0) is 86.4 Å². The van der Waals surface area contributed by atoms with Crippen molar-refractivity contribution in [2.75, 3.05) is 19.6 Å². The Morgan fingerprint density at radius 1 is 1.11 bits per heavy atom. The zero-order chi connectivity index (χ0) is 30.6. The molecule has 7 rings (SSSR count). The van der Waals surface area contributed by atoms with Crippen molar-refractivity contribution < 1.29 is 19.7 Å². The zero-order valence-electron chi connectivity index (χ0n) is 25.9. The fourth-order valence-electron chi connectivity index (χ4n) is 8.79. The molecule has 228 valence electrons. The second-order valence-electron chi connectivity index (χ2n) is 13.7. The summed E-state index contributed by atoms with van der Waals surface area (Å²) in [4.78, 5) is 18.3. The molecule has 0 aromatic heterocycles. The number of aryl methyl sites for hydroxylation is 1. The first-order valence-electron chi connectivity index (χ1n) is 16.1. The van der Waals surface area contributed by atoms with Gasteiger partial charge in [0.15, 0.2) is 11.5 Å². The van der Waals surface area contributed by atoms with Gasteiger partial charge in [0.2, 0.25) is 0 Å². The number of carbonyl (C=O) groups is 1. The van der Waals surface area contributed by atoms with Crippen LogP contribution in [0, 0.1) is 24.7 Å². The standard InChI is InChI=1S/C38H42N2O4/c1-25(2)24-40(33(42)15-12-28-11-7-8-26(3)22-28)30-16-18-38(43)32-23-29-13-14-31(41)35-34(29)37(38,36(30)44-35)19-21-39(32)20-17-27-9-5-4-6-10-27/h4-11,13-14,22,25,30,32,36,41,43H,16-21,23-24H2,1-3H3/t30-,32-,36+,37+,38-/m1/s1. The van der Waals surface area contributed by atoms with Crippen LogP contribution >= 0.6 is 0 Å². The lowest BCUT2D eigenvalue weighted by molar-refractivity contribution is -0.200. The number of hydrogen-bond donors (Lipinski definition) is 2. The van der Waals surface area contributed by atoms with Gasteiger partial charge in [-0.15, -0.1) is 0 Å². The molecule has 2 aliphatic heterocycles. The first-order valence-corrected chi connectivity index (χ1v) is 16.1. The number of nitrogens with zero attached hydrogens (tertiary/aromatic N) is 2. The van der Waals surface area contributed by atoms with Crippen LogP contribution in [0.3, 0.4) is 0 Å². The Morgan fingerprint density at radius 3 is 2.70 bits per heavy atom. The van der Waals surface area contributed by atoms with Crippen LogP contribution in [0.25, 0.3) is 0 Å². The Hall–Kier alpha value is -3.79. The van der Waals surface area contributed by atoms with Gasteiger partial charge >= 0.3 is 0 Å². The van der Waals surface area contributed by atoms with Crippen molar-refractivity contribution in [3.63, 3.8) is 0 Å². The van der Waals surface area contributed by atoms with Crippen LogP contribution in [-0.2, 0) is 23.1 Å². The Morgan fingerprint density at radius 2 is 1.93 bits per heavy atom. The van der Waals surface area contributed by atoms with E-state index in [4.69, 9.17) is 4.74 Å². The van der Waals surface area contributed by atoms with Crippen molar-refractivity contribution in [3.05, 3.63) is 94.5 Å². The Kier molecular flexibility index (Phi) is 7.22. The first-order chi connectivity index (χ1) is 21.2. The Balaban J connectivity index is 1.26. The summed E-state index contributed by atoms with van der Waals surface area (Å²) >= 11 is 0. The van der Waals surface area contributed by atoms with Crippen LogP contribution in [0.15, 0.2) is 66.7 Å². The van der Waals surface area contributed by atoms with Crippen molar-refractivity contribution in [2.45, 2.75) is 82.1 Å². The average molecular weight is 591 g/mol. The second-order valence-corrected chi connectivity index (χ2v) is 13.7. The number of hydrogen-bond acceptors (Lipinski definition) is 5. The molecular weight excluding hydrogens is 548 g/mol. The summed E-state index contributed by atoms with van der Waals surface area (Å²) in [6.45, 7) is 8.48. The van der Waals surface area contributed by atoms with E-state index in [2.05, 4.69) is 54.9 Å². The number of benzene rings is 3. The van der Waals surface area contributed by atoms with Gasteiger partial charge in [-0.1, -0.05) is 68.3 Å². The molecule has 1 amide bonds. The molecule has 1 saturated carbocycles. The SMILES string of the molecule is Cc1cccc(C#CC(=O)N(CC(C)C)[C@@H]2CC[C@@]3(O)[C@H]4Cc5ccc(O)c6c5[C@@]3(CCN4CCc3ccccc3)[C@H]2O6)c1. The predicted molar refractivity (Wildman–Crippen MR) is 171 cm³/mol. The summed E-state index contributed by atoms with van der Waals surface area (Å²) in [6, 6.07) is 21.8. The molecule has 2 fully saturated rings. The van der Waals surface area contributed by atoms with E-state index in [1.54, 1.807) is 6.07 Å². The molecule has 5 atom stereocenters. The molecule has 2 bridgehead atoms. The third kappa shape index (κ3) is 4.52. The summed E-state index contributed by atoms with van der Waals surface area (Å²) in [7, 11) is 0. The van der Waals surface area contributed by atoms with Gasteiger partial charge in [0.05, 0.1) is 17.1 Å².